The number of carbonyl (C=O) groups excluding carboxylic acids is 1. The number of nitrogens with zero attached hydrogens (tertiary/aromatic N) is 1. The maximum absolute atomic E-state index is 13.8. The third-order valence-corrected chi connectivity index (χ3v) is 4.52. The van der Waals surface area contributed by atoms with Crippen molar-refractivity contribution in [2.24, 2.45) is 0 Å². The molecule has 0 aliphatic heterocycles. The van der Waals surface area contributed by atoms with Gasteiger partial charge in [0.1, 0.15) is 17.3 Å². The van der Waals surface area contributed by atoms with Crippen molar-refractivity contribution in [3.05, 3.63) is 24.0 Å². The van der Waals surface area contributed by atoms with Gasteiger partial charge < -0.3 is 10.5 Å². The number of nitrogens with two attached hydrogens (primary N) is 1. The van der Waals surface area contributed by atoms with Crippen molar-refractivity contribution < 1.29 is 22.3 Å². The van der Waals surface area contributed by atoms with Crippen molar-refractivity contribution in [3.63, 3.8) is 0 Å². The molecular formula is C13H19FN2O4S. The Morgan fingerprint density at radius 2 is 2.05 bits per heavy atom. The molecule has 8 heteroatoms. The number of anilines is 1. The van der Waals surface area contributed by atoms with Gasteiger partial charge >= 0.3 is 5.97 Å². The molecular weight excluding hydrogens is 299 g/mol. The van der Waals surface area contributed by atoms with E-state index in [2.05, 4.69) is 0 Å². The summed E-state index contributed by atoms with van der Waals surface area (Å²) in [6.45, 7) is 3.14. The molecule has 1 aromatic carbocycles. The quantitative estimate of drug-likeness (QED) is 0.606. The number of rotatable bonds is 7. The molecule has 0 heterocycles. The Hall–Kier alpha value is -1.67. The highest BCUT2D eigenvalue weighted by Gasteiger charge is 2.29. The first-order valence-corrected chi connectivity index (χ1v) is 7.97. The SMILES string of the molecule is CCCN(CC(=O)OCC)S(=O)(=O)c1cc(N)ccc1F. The molecule has 0 fully saturated rings. The number of sulfonamides is 1. The Kier molecular flexibility index (Phi) is 6.10. The second kappa shape index (κ2) is 7.37. The van der Waals surface area contributed by atoms with Gasteiger partial charge in [-0.05, 0) is 31.5 Å². The molecule has 0 aromatic heterocycles. The van der Waals surface area contributed by atoms with E-state index in [-0.39, 0.29) is 18.8 Å². The van der Waals surface area contributed by atoms with Crippen LogP contribution in [-0.4, -0.2) is 38.4 Å². The summed E-state index contributed by atoms with van der Waals surface area (Å²) in [5.74, 6) is -1.59. The Labute approximate surface area is 123 Å². The number of benzene rings is 1. The molecule has 0 unspecified atom stereocenters. The fourth-order valence-corrected chi connectivity index (χ4v) is 3.32. The highest BCUT2D eigenvalue weighted by molar-refractivity contribution is 7.89. The summed E-state index contributed by atoms with van der Waals surface area (Å²) in [5.41, 5.74) is 5.63. The van der Waals surface area contributed by atoms with E-state index >= 15 is 0 Å². The maximum atomic E-state index is 13.8. The lowest BCUT2D eigenvalue weighted by molar-refractivity contribution is -0.143. The van der Waals surface area contributed by atoms with Crippen LogP contribution in [0, 0.1) is 5.82 Å². The molecule has 118 valence electrons. The van der Waals surface area contributed by atoms with Gasteiger partial charge in [-0.25, -0.2) is 12.8 Å². The highest BCUT2D eigenvalue weighted by Crippen LogP contribution is 2.22. The smallest absolute Gasteiger partial charge is 0.321 e. The van der Waals surface area contributed by atoms with Gasteiger partial charge in [-0.3, -0.25) is 4.79 Å². The average Bonchev–Trinajstić information content (AvgIpc) is 2.41. The second-order valence-corrected chi connectivity index (χ2v) is 6.24. The zero-order valence-corrected chi connectivity index (χ0v) is 12.8. The summed E-state index contributed by atoms with van der Waals surface area (Å²) in [4.78, 5) is 11.0. The zero-order chi connectivity index (χ0) is 16.0. The summed E-state index contributed by atoms with van der Waals surface area (Å²) in [6, 6.07) is 3.29. The number of esters is 1. The van der Waals surface area contributed by atoms with Crippen LogP contribution in [0.4, 0.5) is 10.1 Å². The van der Waals surface area contributed by atoms with Crippen LogP contribution in [0.3, 0.4) is 0 Å². The van der Waals surface area contributed by atoms with E-state index in [0.29, 0.717) is 6.42 Å². The Morgan fingerprint density at radius 1 is 1.38 bits per heavy atom. The lowest BCUT2D eigenvalue weighted by Crippen LogP contribution is -2.37. The van der Waals surface area contributed by atoms with Crippen molar-refractivity contribution in [1.82, 2.24) is 4.31 Å². The van der Waals surface area contributed by atoms with E-state index < -0.39 is 33.3 Å². The lowest BCUT2D eigenvalue weighted by atomic mass is 10.3. The standard InChI is InChI=1S/C13H19FN2O4S/c1-3-7-16(9-13(17)20-4-2)21(18,19)12-8-10(15)5-6-11(12)14/h5-6,8H,3-4,7,9,15H2,1-2H3. The van der Waals surface area contributed by atoms with Gasteiger partial charge in [0.15, 0.2) is 0 Å². The predicted octanol–water partition coefficient (Wildman–Crippen LogP) is 1.37. The molecule has 0 aliphatic carbocycles. The van der Waals surface area contributed by atoms with Gasteiger partial charge in [-0.15, -0.1) is 0 Å². The van der Waals surface area contributed by atoms with E-state index in [4.69, 9.17) is 10.5 Å². The minimum Gasteiger partial charge on any atom is -0.465 e. The molecule has 0 amide bonds. The number of hydrogen-bond acceptors (Lipinski definition) is 5. The Balaban J connectivity index is 3.15. The molecule has 0 saturated heterocycles. The van der Waals surface area contributed by atoms with Crippen molar-refractivity contribution in [1.29, 1.82) is 0 Å². The summed E-state index contributed by atoms with van der Waals surface area (Å²) in [5, 5.41) is 0. The van der Waals surface area contributed by atoms with Gasteiger partial charge in [0, 0.05) is 12.2 Å². The summed E-state index contributed by atoms with van der Waals surface area (Å²) in [7, 11) is -4.15. The van der Waals surface area contributed by atoms with Gasteiger partial charge in [0.05, 0.1) is 6.61 Å². The Morgan fingerprint density at radius 3 is 2.62 bits per heavy atom. The first-order chi connectivity index (χ1) is 9.82. The number of hydrogen-bond donors (Lipinski definition) is 1. The number of halogens is 1. The Bertz CT molecular complexity index is 604. The summed E-state index contributed by atoms with van der Waals surface area (Å²) < 4.78 is 44.3. The molecule has 1 rings (SSSR count). The van der Waals surface area contributed by atoms with E-state index in [1.54, 1.807) is 13.8 Å². The largest absolute Gasteiger partial charge is 0.465 e. The molecule has 0 atom stereocenters. The molecule has 0 radical (unpaired) electrons. The number of nitrogen functional groups attached to an aromatic ring is 1. The first kappa shape index (κ1) is 17.4. The van der Waals surface area contributed by atoms with Crippen molar-refractivity contribution in [2.75, 3.05) is 25.4 Å². The van der Waals surface area contributed by atoms with Crippen LogP contribution in [0.25, 0.3) is 0 Å². The van der Waals surface area contributed by atoms with Crippen LogP contribution in [-0.2, 0) is 19.6 Å². The molecule has 0 saturated carbocycles. The molecule has 6 nitrogen and oxygen atoms in total. The second-order valence-electron chi connectivity index (χ2n) is 4.33. The minimum absolute atomic E-state index is 0.0788. The molecule has 0 aliphatic rings. The summed E-state index contributed by atoms with van der Waals surface area (Å²) >= 11 is 0. The van der Waals surface area contributed by atoms with Crippen LogP contribution in [0.2, 0.25) is 0 Å². The fourth-order valence-electron chi connectivity index (χ4n) is 1.74. The van der Waals surface area contributed by atoms with Crippen LogP contribution in [0.1, 0.15) is 20.3 Å². The van der Waals surface area contributed by atoms with Gasteiger partial charge in [-0.1, -0.05) is 6.92 Å². The highest BCUT2D eigenvalue weighted by atomic mass is 32.2. The van der Waals surface area contributed by atoms with E-state index in [1.807, 2.05) is 0 Å². The normalized spacial score (nSPS) is 11.6. The van der Waals surface area contributed by atoms with Crippen LogP contribution in [0.15, 0.2) is 23.1 Å². The average molecular weight is 318 g/mol. The predicted molar refractivity (Wildman–Crippen MR) is 76.5 cm³/mol. The van der Waals surface area contributed by atoms with E-state index in [0.717, 1.165) is 16.4 Å². The molecule has 1 aromatic rings. The van der Waals surface area contributed by atoms with Crippen molar-refractivity contribution >= 4 is 21.7 Å². The van der Waals surface area contributed by atoms with Gasteiger partial charge in [0.2, 0.25) is 10.0 Å². The minimum atomic E-state index is -4.15. The lowest BCUT2D eigenvalue weighted by Gasteiger charge is -2.21. The van der Waals surface area contributed by atoms with Crippen molar-refractivity contribution in [2.45, 2.75) is 25.2 Å². The number of ether oxygens (including phenoxy) is 1. The van der Waals surface area contributed by atoms with Gasteiger partial charge in [-0.2, -0.15) is 4.31 Å². The van der Waals surface area contributed by atoms with Crippen molar-refractivity contribution in [3.8, 4) is 0 Å². The topological polar surface area (TPSA) is 89.7 Å². The van der Waals surface area contributed by atoms with Crippen LogP contribution >= 0.6 is 0 Å². The fraction of sp³-hybridized carbons (Fsp3) is 0.462. The first-order valence-electron chi connectivity index (χ1n) is 6.53. The van der Waals surface area contributed by atoms with E-state index in [9.17, 15) is 17.6 Å². The molecule has 21 heavy (non-hydrogen) atoms. The van der Waals surface area contributed by atoms with E-state index in [1.165, 1.54) is 6.07 Å². The maximum Gasteiger partial charge on any atom is 0.321 e. The number of carbonyl (C=O) groups is 1. The zero-order valence-electron chi connectivity index (χ0n) is 12.0. The third kappa shape index (κ3) is 4.40. The molecule has 0 bridgehead atoms. The molecule has 0 spiro atoms. The summed E-state index contributed by atoms with van der Waals surface area (Å²) in [6.07, 6.45) is 0.475. The van der Waals surface area contributed by atoms with Crippen LogP contribution in [0.5, 0.6) is 0 Å². The van der Waals surface area contributed by atoms with Gasteiger partial charge in [0.25, 0.3) is 0 Å². The monoisotopic (exact) mass is 318 g/mol. The molecule has 2 N–H and O–H groups in total. The third-order valence-electron chi connectivity index (χ3n) is 2.66. The van der Waals surface area contributed by atoms with Crippen LogP contribution < -0.4 is 5.73 Å².